The summed E-state index contributed by atoms with van der Waals surface area (Å²) in [5, 5.41) is 0. The average molecular weight is 368 g/mol. The van der Waals surface area contributed by atoms with Crippen LogP contribution in [0.25, 0.3) is 11.0 Å². The van der Waals surface area contributed by atoms with Crippen molar-refractivity contribution in [3.63, 3.8) is 0 Å². The van der Waals surface area contributed by atoms with Crippen LogP contribution in [0.1, 0.15) is 51.9 Å². The van der Waals surface area contributed by atoms with Gasteiger partial charge in [-0.15, -0.1) is 0 Å². The van der Waals surface area contributed by atoms with Gasteiger partial charge in [-0.25, -0.2) is 9.37 Å². The van der Waals surface area contributed by atoms with Crippen molar-refractivity contribution >= 4 is 16.7 Å². The molecule has 144 valence electrons. The Morgan fingerprint density at radius 3 is 2.44 bits per heavy atom. The van der Waals surface area contributed by atoms with Crippen molar-refractivity contribution in [1.29, 1.82) is 0 Å². The minimum atomic E-state index is -0.178. The molecule has 0 unspecified atom stereocenters. The maximum atomic E-state index is 13.2. The molecule has 0 fully saturated rings. The van der Waals surface area contributed by atoms with Crippen molar-refractivity contribution in [3.8, 4) is 0 Å². The Morgan fingerprint density at radius 1 is 1.00 bits per heavy atom. The molecule has 3 nitrogen and oxygen atoms in total. The number of fused-ring (bicyclic) bond motifs is 1. The molecule has 0 amide bonds. The normalized spacial score (nSPS) is 11.4. The summed E-state index contributed by atoms with van der Waals surface area (Å²) in [5.41, 5.74) is 3.41. The number of nitrogens with zero attached hydrogens (tertiary/aromatic N) is 3. The minimum Gasteiger partial charge on any atom is -0.372 e. The number of anilines is 1. The van der Waals surface area contributed by atoms with Crippen molar-refractivity contribution in [2.24, 2.45) is 0 Å². The van der Waals surface area contributed by atoms with Gasteiger partial charge in [0.2, 0.25) is 0 Å². The Labute approximate surface area is 161 Å². The number of imidazole rings is 1. The van der Waals surface area contributed by atoms with E-state index < -0.39 is 0 Å². The van der Waals surface area contributed by atoms with Crippen molar-refractivity contribution in [3.05, 3.63) is 60.2 Å². The molecule has 0 saturated heterocycles. The van der Waals surface area contributed by atoms with Gasteiger partial charge in [0.1, 0.15) is 11.6 Å². The minimum absolute atomic E-state index is 0.178. The van der Waals surface area contributed by atoms with Gasteiger partial charge in [0.15, 0.2) is 0 Å². The zero-order chi connectivity index (χ0) is 19.2. The summed E-state index contributed by atoms with van der Waals surface area (Å²) in [6.07, 6.45) is 4.26. The lowest BCUT2D eigenvalue weighted by atomic mass is 10.2. The van der Waals surface area contributed by atoms with Gasteiger partial charge in [-0.2, -0.15) is 0 Å². The van der Waals surface area contributed by atoms with Gasteiger partial charge in [0, 0.05) is 31.2 Å². The highest BCUT2D eigenvalue weighted by Crippen LogP contribution is 2.22. The third-order valence-corrected chi connectivity index (χ3v) is 4.95. The number of hydrogen-bond acceptors (Lipinski definition) is 2. The fraction of sp³-hybridized carbons (Fsp3) is 0.435. The standard InChI is InChI=1S/C23H30FN3/c1-4-16-26(20-14-12-19(24)13-15-20)17-8-7-11-23-25-21-9-5-6-10-22(21)27(23)18(2)3/h5-6,9-10,12-15,18H,4,7-8,11,16-17H2,1-3H3. The first-order valence-corrected chi connectivity index (χ1v) is 10.1. The summed E-state index contributed by atoms with van der Waals surface area (Å²) in [6, 6.07) is 15.6. The molecule has 0 N–H and O–H groups in total. The van der Waals surface area contributed by atoms with Gasteiger partial charge < -0.3 is 9.47 Å². The number of unbranched alkanes of at least 4 members (excludes halogenated alkanes) is 1. The second-order valence-electron chi connectivity index (χ2n) is 7.40. The fourth-order valence-corrected chi connectivity index (χ4v) is 3.72. The molecule has 2 aromatic carbocycles. The number of halogens is 1. The second-order valence-corrected chi connectivity index (χ2v) is 7.40. The Kier molecular flexibility index (Phi) is 6.49. The molecule has 3 rings (SSSR count). The zero-order valence-corrected chi connectivity index (χ0v) is 16.7. The van der Waals surface area contributed by atoms with Crippen molar-refractivity contribution in [2.45, 2.75) is 52.5 Å². The van der Waals surface area contributed by atoms with E-state index in [0.29, 0.717) is 6.04 Å². The summed E-state index contributed by atoms with van der Waals surface area (Å²) < 4.78 is 15.6. The third-order valence-electron chi connectivity index (χ3n) is 4.95. The molecule has 0 aliphatic carbocycles. The van der Waals surface area contributed by atoms with E-state index in [0.717, 1.165) is 50.0 Å². The predicted octanol–water partition coefficient (Wildman–Crippen LogP) is 6.00. The van der Waals surface area contributed by atoms with E-state index in [1.807, 2.05) is 12.1 Å². The van der Waals surface area contributed by atoms with Gasteiger partial charge in [-0.1, -0.05) is 19.1 Å². The Balaban J connectivity index is 1.63. The topological polar surface area (TPSA) is 21.1 Å². The van der Waals surface area contributed by atoms with E-state index in [9.17, 15) is 4.39 Å². The van der Waals surface area contributed by atoms with E-state index >= 15 is 0 Å². The van der Waals surface area contributed by atoms with Crippen LogP contribution in [0.4, 0.5) is 10.1 Å². The zero-order valence-electron chi connectivity index (χ0n) is 16.7. The van der Waals surface area contributed by atoms with Crippen LogP contribution < -0.4 is 4.90 Å². The molecule has 1 heterocycles. The molecule has 0 aliphatic rings. The molecule has 27 heavy (non-hydrogen) atoms. The summed E-state index contributed by atoms with van der Waals surface area (Å²) in [4.78, 5) is 7.21. The quantitative estimate of drug-likeness (QED) is 0.433. The molecule has 0 saturated carbocycles. The van der Waals surface area contributed by atoms with Gasteiger partial charge in [-0.3, -0.25) is 0 Å². The second kappa shape index (κ2) is 9.03. The Morgan fingerprint density at radius 2 is 1.74 bits per heavy atom. The highest BCUT2D eigenvalue weighted by atomic mass is 19.1. The summed E-state index contributed by atoms with van der Waals surface area (Å²) in [6.45, 7) is 8.60. The lowest BCUT2D eigenvalue weighted by Crippen LogP contribution is -2.25. The number of benzene rings is 2. The molecule has 3 aromatic rings. The highest BCUT2D eigenvalue weighted by Gasteiger charge is 2.13. The molecule has 0 aliphatic heterocycles. The van der Waals surface area contributed by atoms with Crippen LogP contribution in [-0.2, 0) is 6.42 Å². The van der Waals surface area contributed by atoms with Gasteiger partial charge in [0.05, 0.1) is 11.0 Å². The Bertz CT molecular complexity index is 852. The number of para-hydroxylation sites is 2. The number of hydrogen-bond donors (Lipinski definition) is 0. The first-order chi connectivity index (χ1) is 13.1. The largest absolute Gasteiger partial charge is 0.372 e. The molecule has 0 radical (unpaired) electrons. The summed E-state index contributed by atoms with van der Waals surface area (Å²) >= 11 is 0. The molecule has 0 spiro atoms. The van der Waals surface area contributed by atoms with Crippen LogP contribution >= 0.6 is 0 Å². The van der Waals surface area contributed by atoms with E-state index in [1.54, 1.807) is 12.1 Å². The lowest BCUT2D eigenvalue weighted by molar-refractivity contribution is 0.568. The summed E-state index contributed by atoms with van der Waals surface area (Å²) in [5.74, 6) is 0.998. The first-order valence-electron chi connectivity index (χ1n) is 10.1. The average Bonchev–Trinajstić information content (AvgIpc) is 3.03. The fourth-order valence-electron chi connectivity index (χ4n) is 3.72. The van der Waals surface area contributed by atoms with Gasteiger partial charge in [0.25, 0.3) is 0 Å². The van der Waals surface area contributed by atoms with E-state index in [4.69, 9.17) is 4.98 Å². The van der Waals surface area contributed by atoms with Gasteiger partial charge >= 0.3 is 0 Å². The van der Waals surface area contributed by atoms with E-state index in [1.165, 1.54) is 11.3 Å². The smallest absolute Gasteiger partial charge is 0.123 e. The van der Waals surface area contributed by atoms with Crippen LogP contribution in [0.3, 0.4) is 0 Å². The molecular formula is C23H30FN3. The molecule has 0 bridgehead atoms. The lowest BCUT2D eigenvalue weighted by Gasteiger charge is -2.24. The molecule has 0 atom stereocenters. The van der Waals surface area contributed by atoms with Crippen LogP contribution in [0, 0.1) is 5.82 Å². The Hall–Kier alpha value is -2.36. The third kappa shape index (κ3) is 4.68. The van der Waals surface area contributed by atoms with Crippen LogP contribution in [-0.4, -0.2) is 22.6 Å². The van der Waals surface area contributed by atoms with Gasteiger partial charge in [-0.05, 0) is 69.5 Å². The number of aryl methyl sites for hydroxylation is 1. The molecule has 4 heteroatoms. The highest BCUT2D eigenvalue weighted by molar-refractivity contribution is 5.76. The van der Waals surface area contributed by atoms with E-state index in [2.05, 4.69) is 54.5 Å². The van der Waals surface area contributed by atoms with Crippen LogP contribution in [0.15, 0.2) is 48.5 Å². The van der Waals surface area contributed by atoms with Crippen LogP contribution in [0.2, 0.25) is 0 Å². The van der Waals surface area contributed by atoms with E-state index in [-0.39, 0.29) is 5.82 Å². The SMILES string of the molecule is CCCN(CCCCc1nc2ccccc2n1C(C)C)c1ccc(F)cc1. The number of aromatic nitrogens is 2. The molecule has 1 aromatic heterocycles. The maximum absolute atomic E-state index is 13.2. The van der Waals surface area contributed by atoms with Crippen molar-refractivity contribution < 1.29 is 4.39 Å². The predicted molar refractivity (Wildman–Crippen MR) is 112 cm³/mol. The number of rotatable bonds is 9. The van der Waals surface area contributed by atoms with Crippen molar-refractivity contribution in [1.82, 2.24) is 9.55 Å². The molecular weight excluding hydrogens is 337 g/mol. The maximum Gasteiger partial charge on any atom is 0.123 e. The first kappa shape index (κ1) is 19.4. The van der Waals surface area contributed by atoms with Crippen molar-refractivity contribution in [2.75, 3.05) is 18.0 Å². The summed E-state index contributed by atoms with van der Waals surface area (Å²) in [7, 11) is 0. The van der Waals surface area contributed by atoms with Crippen LogP contribution in [0.5, 0.6) is 0 Å². The monoisotopic (exact) mass is 367 g/mol.